The van der Waals surface area contributed by atoms with Crippen molar-refractivity contribution in [2.24, 2.45) is 0 Å². The molecule has 3 nitrogen and oxygen atoms in total. The summed E-state index contributed by atoms with van der Waals surface area (Å²) in [7, 11) is 0. The summed E-state index contributed by atoms with van der Waals surface area (Å²) in [6.45, 7) is 1.61. The predicted molar refractivity (Wildman–Crippen MR) is 64.8 cm³/mol. The zero-order valence-electron chi connectivity index (χ0n) is 9.48. The summed E-state index contributed by atoms with van der Waals surface area (Å²) in [5.74, 6) is -0.841. The van der Waals surface area contributed by atoms with Crippen LogP contribution in [0.4, 0.5) is 5.69 Å². The number of carbonyl (C=O) groups is 1. The fourth-order valence-corrected chi connectivity index (χ4v) is 1.10. The molecule has 4 heteroatoms. The molecule has 0 aliphatic carbocycles. The fourth-order valence-electron chi connectivity index (χ4n) is 1.10. The average molecular weight is 273 g/mol. The molecular weight excluding hydrogens is 258 g/mol. The molecule has 0 saturated carbocycles. The van der Waals surface area contributed by atoms with Crippen LogP contribution in [0, 0.1) is 0 Å². The third kappa shape index (κ3) is 6.61. The molecule has 0 unspecified atom stereocenters. The number of rotatable bonds is 3. The van der Waals surface area contributed by atoms with Gasteiger partial charge in [-0.15, -0.1) is 0 Å². The van der Waals surface area contributed by atoms with Crippen LogP contribution in [0.5, 0.6) is 0 Å². The van der Waals surface area contributed by atoms with Crippen molar-refractivity contribution in [3.05, 3.63) is 54.6 Å². The zero-order chi connectivity index (χ0) is 11.8. The van der Waals surface area contributed by atoms with E-state index in [0.29, 0.717) is 0 Å². The van der Waals surface area contributed by atoms with Gasteiger partial charge in [-0.25, -0.2) is 24.3 Å². The molecule has 0 radical (unpaired) electrons. The SMILES string of the molecule is C[C@H](N[c-]1cccc1)C(=O)O.[Fe+2].c1cc[cH-]c1. The van der Waals surface area contributed by atoms with Gasteiger partial charge in [-0.3, -0.25) is 4.79 Å². The summed E-state index contributed by atoms with van der Waals surface area (Å²) >= 11 is 0. The summed E-state index contributed by atoms with van der Waals surface area (Å²) < 4.78 is 0. The van der Waals surface area contributed by atoms with E-state index < -0.39 is 12.0 Å². The van der Waals surface area contributed by atoms with Crippen LogP contribution in [0.2, 0.25) is 0 Å². The van der Waals surface area contributed by atoms with Crippen molar-refractivity contribution in [3.63, 3.8) is 0 Å². The van der Waals surface area contributed by atoms with Crippen LogP contribution >= 0.6 is 0 Å². The first-order chi connectivity index (χ1) is 7.70. The van der Waals surface area contributed by atoms with Crippen molar-refractivity contribution >= 4 is 11.7 Å². The topological polar surface area (TPSA) is 49.3 Å². The van der Waals surface area contributed by atoms with Gasteiger partial charge in [-0.2, -0.15) is 30.3 Å². The van der Waals surface area contributed by atoms with E-state index in [9.17, 15) is 4.79 Å². The Morgan fingerprint density at radius 1 is 1.24 bits per heavy atom. The molecule has 1 atom stereocenters. The molecule has 0 aliphatic heterocycles. The maximum absolute atomic E-state index is 10.4. The smallest absolute Gasteiger partial charge is 0.480 e. The van der Waals surface area contributed by atoms with Gasteiger partial charge in [-0.1, -0.05) is 5.69 Å². The first kappa shape index (κ1) is 15.5. The monoisotopic (exact) mass is 273 g/mol. The van der Waals surface area contributed by atoms with Crippen LogP contribution in [-0.2, 0) is 21.9 Å². The van der Waals surface area contributed by atoms with Crippen LogP contribution < -0.4 is 5.32 Å². The molecule has 0 amide bonds. The molecule has 2 rings (SSSR count). The predicted octanol–water partition coefficient (Wildman–Crippen LogP) is 2.69. The Balaban J connectivity index is 0.000000360. The molecule has 0 saturated heterocycles. The minimum atomic E-state index is -0.841. The van der Waals surface area contributed by atoms with E-state index >= 15 is 0 Å². The van der Waals surface area contributed by atoms with Gasteiger partial charge in [0.2, 0.25) is 0 Å². The fraction of sp³-hybridized carbons (Fsp3) is 0.154. The first-order valence-corrected chi connectivity index (χ1v) is 5.08. The standard InChI is InChI=1S/C8H10NO2.C5H5.Fe/c1-6(8(10)11)9-7-4-2-3-5-7;1-2-4-5-3-1;/h2-6,9H,1H3,(H,10,11);1-5H;/q2*-1;+2/t6-;;/m0../s1. The van der Waals surface area contributed by atoms with Gasteiger partial charge in [0.1, 0.15) is 6.04 Å². The second-order valence-corrected chi connectivity index (χ2v) is 3.34. The van der Waals surface area contributed by atoms with E-state index in [1.165, 1.54) is 0 Å². The maximum atomic E-state index is 10.4. The Morgan fingerprint density at radius 3 is 2.12 bits per heavy atom. The molecule has 2 N–H and O–H groups in total. The summed E-state index contributed by atoms with van der Waals surface area (Å²) in [5.41, 5.74) is 0.847. The summed E-state index contributed by atoms with van der Waals surface area (Å²) in [5, 5.41) is 11.3. The Bertz CT molecular complexity index is 364. The van der Waals surface area contributed by atoms with E-state index in [2.05, 4.69) is 5.32 Å². The van der Waals surface area contributed by atoms with Crippen molar-refractivity contribution in [1.82, 2.24) is 0 Å². The Labute approximate surface area is 112 Å². The third-order valence-corrected chi connectivity index (χ3v) is 1.97. The zero-order valence-corrected chi connectivity index (χ0v) is 10.6. The average Bonchev–Trinajstić information content (AvgIpc) is 2.92. The number of carboxylic acid groups (broad SMARTS) is 1. The number of hydrogen-bond acceptors (Lipinski definition) is 2. The Hall–Kier alpha value is -1.51. The van der Waals surface area contributed by atoms with E-state index in [1.54, 1.807) is 6.92 Å². The van der Waals surface area contributed by atoms with Crippen LogP contribution in [0.25, 0.3) is 0 Å². The molecule has 0 heterocycles. The molecule has 92 valence electrons. The molecular formula is C13H15FeNO2. The van der Waals surface area contributed by atoms with Crippen molar-refractivity contribution in [2.75, 3.05) is 5.32 Å². The van der Waals surface area contributed by atoms with Gasteiger partial charge in [-0.05, 0) is 6.92 Å². The van der Waals surface area contributed by atoms with Gasteiger partial charge < -0.3 is 10.4 Å². The Morgan fingerprint density at radius 2 is 1.76 bits per heavy atom. The number of nitrogens with one attached hydrogen (secondary N) is 1. The number of aliphatic carboxylic acids is 1. The van der Waals surface area contributed by atoms with Crippen LogP contribution in [0.15, 0.2) is 54.6 Å². The van der Waals surface area contributed by atoms with Crippen molar-refractivity contribution in [3.8, 4) is 0 Å². The molecule has 0 spiro atoms. The van der Waals surface area contributed by atoms with E-state index in [4.69, 9.17) is 5.11 Å². The van der Waals surface area contributed by atoms with Crippen LogP contribution in [-0.4, -0.2) is 17.1 Å². The number of hydrogen-bond donors (Lipinski definition) is 2. The maximum Gasteiger partial charge on any atom is 2.00 e. The second-order valence-electron chi connectivity index (χ2n) is 3.34. The van der Waals surface area contributed by atoms with Gasteiger partial charge in [0.25, 0.3) is 0 Å². The second kappa shape index (κ2) is 8.62. The minimum absolute atomic E-state index is 0. The van der Waals surface area contributed by atoms with Gasteiger partial charge in [0, 0.05) is 0 Å². The molecule has 0 fully saturated rings. The minimum Gasteiger partial charge on any atom is -0.480 e. The van der Waals surface area contributed by atoms with Gasteiger partial charge in [0.15, 0.2) is 0 Å². The van der Waals surface area contributed by atoms with Crippen LogP contribution in [0.3, 0.4) is 0 Å². The third-order valence-electron chi connectivity index (χ3n) is 1.97. The van der Waals surface area contributed by atoms with E-state index in [-0.39, 0.29) is 17.1 Å². The summed E-state index contributed by atoms with van der Waals surface area (Å²) in [4.78, 5) is 10.4. The van der Waals surface area contributed by atoms with Crippen molar-refractivity contribution in [1.29, 1.82) is 0 Å². The van der Waals surface area contributed by atoms with Gasteiger partial charge >= 0.3 is 23.0 Å². The normalized spacial score (nSPS) is 10.4. The molecule has 2 aromatic carbocycles. The largest absolute Gasteiger partial charge is 2.00 e. The number of anilines is 1. The van der Waals surface area contributed by atoms with E-state index in [0.717, 1.165) is 5.69 Å². The van der Waals surface area contributed by atoms with Crippen LogP contribution in [0.1, 0.15) is 6.92 Å². The summed E-state index contributed by atoms with van der Waals surface area (Å²) in [6, 6.07) is 16.9. The molecule has 17 heavy (non-hydrogen) atoms. The molecule has 0 aromatic heterocycles. The van der Waals surface area contributed by atoms with Crippen molar-refractivity contribution < 1.29 is 27.0 Å². The molecule has 2 aromatic rings. The van der Waals surface area contributed by atoms with Gasteiger partial charge in [0.05, 0.1) is 0 Å². The molecule has 0 bridgehead atoms. The quantitative estimate of drug-likeness (QED) is 0.667. The van der Waals surface area contributed by atoms with Crippen molar-refractivity contribution in [2.45, 2.75) is 13.0 Å². The summed E-state index contributed by atoms with van der Waals surface area (Å²) in [6.07, 6.45) is 0. The Kier molecular flexibility index (Phi) is 7.85. The molecule has 0 aliphatic rings. The van der Waals surface area contributed by atoms with E-state index in [1.807, 2.05) is 54.6 Å². The first-order valence-electron chi connectivity index (χ1n) is 5.08. The number of carboxylic acids is 1.